The molecule has 0 aliphatic carbocycles. The average molecular weight is 98.0 g/mol. The Hall–Kier alpha value is -0.135. The van der Waals surface area contributed by atoms with Gasteiger partial charge in [0.2, 0.25) is 0 Å². The fourth-order valence-electron chi connectivity index (χ4n) is 0.523. The second-order valence-corrected chi connectivity index (χ2v) is 1.90. The summed E-state index contributed by atoms with van der Waals surface area (Å²) in [7, 11) is 1.00. The van der Waals surface area contributed by atoms with Crippen LogP contribution in [0, 0.1) is 0 Å². The molecule has 2 heteroatoms. The van der Waals surface area contributed by atoms with Crippen molar-refractivity contribution in [2.45, 2.75) is 32.5 Å². The van der Waals surface area contributed by atoms with Crippen LogP contribution in [-0.2, 0) is 4.70 Å². The van der Waals surface area contributed by atoms with Crippen LogP contribution in [0.1, 0.15) is 26.7 Å². The first kappa shape index (κ1) is 6.86. The number of rotatable bonds is 3. The molecule has 0 amide bonds. The van der Waals surface area contributed by atoms with Crippen LogP contribution in [0.2, 0.25) is 5.82 Å². The van der Waals surface area contributed by atoms with Crippen molar-refractivity contribution < 1.29 is 4.70 Å². The van der Waals surface area contributed by atoms with E-state index in [9.17, 15) is 4.70 Å². The van der Waals surface area contributed by atoms with Gasteiger partial charge in [0.15, 0.2) is 0 Å². The molecule has 0 saturated carbocycles. The Morgan fingerprint density at radius 3 is 2.43 bits per heavy atom. The molecule has 0 spiro atoms. The van der Waals surface area contributed by atoms with Crippen LogP contribution in [0.25, 0.3) is 0 Å². The molecule has 0 aliphatic rings. The van der Waals surface area contributed by atoms with E-state index in [1.807, 2.05) is 6.92 Å². The summed E-state index contributed by atoms with van der Waals surface area (Å²) >= 11 is 0. The van der Waals surface area contributed by atoms with E-state index in [1.165, 1.54) is 0 Å². The van der Waals surface area contributed by atoms with Gasteiger partial charge in [-0.05, 0) is 0 Å². The van der Waals surface area contributed by atoms with Gasteiger partial charge in [0, 0.05) is 0 Å². The summed E-state index contributed by atoms with van der Waals surface area (Å²) in [6.07, 6.45) is 2.14. The van der Waals surface area contributed by atoms with Crippen LogP contribution in [-0.4, -0.2) is 7.15 Å². The zero-order chi connectivity index (χ0) is 5.70. The Labute approximate surface area is 45.4 Å². The zero-order valence-corrected chi connectivity index (χ0v) is 4.98. The molecule has 0 fully saturated rings. The SMILES string of the molecule is CCCC(C)B=O. The number of hydrogen-bond acceptors (Lipinski definition) is 1. The number of hydrogen-bond donors (Lipinski definition) is 0. The van der Waals surface area contributed by atoms with Crippen LogP contribution in [0.15, 0.2) is 0 Å². The van der Waals surface area contributed by atoms with E-state index in [2.05, 4.69) is 6.92 Å². The Bertz CT molecular complexity index is 54.0. The first-order chi connectivity index (χ1) is 3.31. The van der Waals surface area contributed by atoms with Crippen LogP contribution >= 0.6 is 0 Å². The van der Waals surface area contributed by atoms with E-state index in [1.54, 1.807) is 0 Å². The average Bonchev–Trinajstić information content (AvgIpc) is 1.68. The first-order valence-electron chi connectivity index (χ1n) is 2.76. The topological polar surface area (TPSA) is 17.1 Å². The van der Waals surface area contributed by atoms with E-state index in [0.29, 0.717) is 0 Å². The summed E-state index contributed by atoms with van der Waals surface area (Å²) in [5.41, 5.74) is 0. The van der Waals surface area contributed by atoms with Crippen molar-refractivity contribution in [2.75, 3.05) is 0 Å². The predicted molar refractivity (Wildman–Crippen MR) is 30.8 cm³/mol. The quantitative estimate of drug-likeness (QED) is 0.490. The van der Waals surface area contributed by atoms with E-state index >= 15 is 0 Å². The zero-order valence-electron chi connectivity index (χ0n) is 4.98. The van der Waals surface area contributed by atoms with E-state index in [0.717, 1.165) is 20.0 Å². The molecule has 0 bridgehead atoms. The fourth-order valence-corrected chi connectivity index (χ4v) is 0.523. The maximum atomic E-state index is 9.89. The van der Waals surface area contributed by atoms with Gasteiger partial charge in [-0.25, -0.2) is 0 Å². The Morgan fingerprint density at radius 1 is 1.71 bits per heavy atom. The van der Waals surface area contributed by atoms with Crippen molar-refractivity contribution >= 4 is 7.15 Å². The van der Waals surface area contributed by atoms with Gasteiger partial charge in [-0.1, -0.05) is 0 Å². The third-order valence-corrected chi connectivity index (χ3v) is 0.976. The standard InChI is InChI=1S/C5H11BO/c1-3-4-5(2)6-7/h5H,3-4H2,1-2H3. The van der Waals surface area contributed by atoms with Crippen LogP contribution in [0.4, 0.5) is 0 Å². The Kier molecular flexibility index (Phi) is 3.96. The molecule has 0 N–H and O–H groups in total. The second kappa shape index (κ2) is 4.04. The van der Waals surface area contributed by atoms with Crippen molar-refractivity contribution in [1.29, 1.82) is 0 Å². The summed E-state index contributed by atoms with van der Waals surface area (Å²) in [4.78, 5) is 0. The van der Waals surface area contributed by atoms with Crippen molar-refractivity contribution in [3.05, 3.63) is 0 Å². The Morgan fingerprint density at radius 2 is 2.29 bits per heavy atom. The minimum atomic E-state index is 0.269. The third-order valence-electron chi connectivity index (χ3n) is 0.976. The molecule has 1 atom stereocenters. The van der Waals surface area contributed by atoms with Gasteiger partial charge >= 0.3 is 44.4 Å². The van der Waals surface area contributed by atoms with Gasteiger partial charge in [0.05, 0.1) is 0 Å². The first-order valence-corrected chi connectivity index (χ1v) is 2.76. The van der Waals surface area contributed by atoms with Crippen molar-refractivity contribution in [3.63, 3.8) is 0 Å². The molecule has 0 aromatic rings. The third kappa shape index (κ3) is 3.70. The second-order valence-electron chi connectivity index (χ2n) is 1.90. The molecular formula is C5H11BO. The molecule has 0 rings (SSSR count). The van der Waals surface area contributed by atoms with Gasteiger partial charge in [0.25, 0.3) is 0 Å². The summed E-state index contributed by atoms with van der Waals surface area (Å²) in [5.74, 6) is 0.269. The van der Waals surface area contributed by atoms with Gasteiger partial charge < -0.3 is 0 Å². The molecule has 0 radical (unpaired) electrons. The van der Waals surface area contributed by atoms with Crippen LogP contribution in [0.3, 0.4) is 0 Å². The van der Waals surface area contributed by atoms with Gasteiger partial charge in [-0.3, -0.25) is 0 Å². The molecule has 0 aromatic carbocycles. The molecular weight excluding hydrogens is 86.9 g/mol. The van der Waals surface area contributed by atoms with Crippen LogP contribution < -0.4 is 0 Å². The molecule has 40 valence electrons. The van der Waals surface area contributed by atoms with Crippen LogP contribution in [0.5, 0.6) is 0 Å². The Balaban J connectivity index is 2.98. The molecule has 1 nitrogen and oxygen atoms in total. The van der Waals surface area contributed by atoms with E-state index < -0.39 is 0 Å². The van der Waals surface area contributed by atoms with Gasteiger partial charge in [-0.15, -0.1) is 0 Å². The van der Waals surface area contributed by atoms with Crippen molar-refractivity contribution in [3.8, 4) is 0 Å². The normalized spacial score (nSPS) is 12.9. The van der Waals surface area contributed by atoms with Crippen molar-refractivity contribution in [1.82, 2.24) is 0 Å². The molecule has 7 heavy (non-hydrogen) atoms. The predicted octanol–water partition coefficient (Wildman–Crippen LogP) is 1.64. The van der Waals surface area contributed by atoms with E-state index in [-0.39, 0.29) is 5.82 Å². The molecule has 0 saturated heterocycles. The maximum absolute atomic E-state index is 9.89. The summed E-state index contributed by atoms with van der Waals surface area (Å²) in [5, 5.41) is 0. The fraction of sp³-hybridized carbons (Fsp3) is 1.00. The summed E-state index contributed by atoms with van der Waals surface area (Å²) in [6.45, 7) is 4.02. The van der Waals surface area contributed by atoms with Gasteiger partial charge in [0.1, 0.15) is 0 Å². The molecule has 0 aromatic heterocycles. The molecule has 1 unspecified atom stereocenters. The molecule has 0 heterocycles. The van der Waals surface area contributed by atoms with E-state index in [4.69, 9.17) is 0 Å². The molecule has 0 aliphatic heterocycles. The van der Waals surface area contributed by atoms with Gasteiger partial charge in [-0.2, -0.15) is 0 Å². The summed E-state index contributed by atoms with van der Waals surface area (Å²) in [6, 6.07) is 0. The van der Waals surface area contributed by atoms with Crippen molar-refractivity contribution in [2.24, 2.45) is 0 Å². The summed E-state index contributed by atoms with van der Waals surface area (Å²) < 4.78 is 9.89. The minimum absolute atomic E-state index is 0.269. The monoisotopic (exact) mass is 98.1 g/mol.